The van der Waals surface area contributed by atoms with Gasteiger partial charge in [0.2, 0.25) is 0 Å². The summed E-state index contributed by atoms with van der Waals surface area (Å²) in [5.41, 5.74) is 5.21. The second kappa shape index (κ2) is 7.13. The predicted octanol–water partition coefficient (Wildman–Crippen LogP) is 6.50. The number of allylic oxidation sites excluding steroid dienone is 6. The lowest BCUT2D eigenvalue weighted by Crippen LogP contribution is -2.44. The fraction of sp³-hybridized carbons (Fsp3) is 0.179. The van der Waals surface area contributed by atoms with Gasteiger partial charge in [0.1, 0.15) is 23.0 Å². The third kappa shape index (κ3) is 2.87. The Balaban J connectivity index is 1.46. The molecule has 1 N–H and O–H groups in total. The largest absolute Gasteiger partial charge is 0.455 e. The van der Waals surface area contributed by atoms with Crippen LogP contribution in [0.5, 0.6) is 0 Å². The summed E-state index contributed by atoms with van der Waals surface area (Å²) in [5.74, 6) is 1.04. The van der Waals surface area contributed by atoms with E-state index >= 15 is 0 Å². The molecule has 158 valence electrons. The zero-order chi connectivity index (χ0) is 21.8. The molecule has 3 aliphatic rings. The lowest BCUT2D eigenvalue weighted by atomic mass is 9.88. The first kappa shape index (κ1) is 18.9. The van der Waals surface area contributed by atoms with E-state index in [9.17, 15) is 0 Å². The van der Waals surface area contributed by atoms with Gasteiger partial charge in [-0.2, -0.15) is 0 Å². The van der Waals surface area contributed by atoms with Crippen molar-refractivity contribution in [1.29, 1.82) is 5.41 Å². The molecule has 2 aliphatic carbocycles. The minimum absolute atomic E-state index is 0.00280. The first-order valence-corrected chi connectivity index (χ1v) is 11.0. The second-order valence-electron chi connectivity index (χ2n) is 8.71. The van der Waals surface area contributed by atoms with Crippen LogP contribution in [0.2, 0.25) is 0 Å². The summed E-state index contributed by atoms with van der Waals surface area (Å²) in [6, 6.07) is 12.8. The molecular formula is C28H24N2O2. The van der Waals surface area contributed by atoms with Crippen molar-refractivity contribution in [3.8, 4) is 0 Å². The van der Waals surface area contributed by atoms with Crippen molar-refractivity contribution in [3.05, 3.63) is 102 Å². The molecule has 4 nitrogen and oxygen atoms in total. The van der Waals surface area contributed by atoms with E-state index in [-0.39, 0.29) is 24.0 Å². The fourth-order valence-electron chi connectivity index (χ4n) is 4.93. The van der Waals surface area contributed by atoms with Crippen molar-refractivity contribution in [1.82, 2.24) is 4.90 Å². The van der Waals surface area contributed by atoms with Crippen LogP contribution in [0.15, 0.2) is 95.2 Å². The predicted molar refractivity (Wildman–Crippen MR) is 129 cm³/mol. The third-order valence-corrected chi connectivity index (χ3v) is 6.57. The van der Waals surface area contributed by atoms with Gasteiger partial charge in [0, 0.05) is 16.3 Å². The maximum Gasteiger partial charge on any atom is 0.291 e. The molecule has 2 aromatic carbocycles. The molecule has 32 heavy (non-hydrogen) atoms. The number of rotatable bonds is 2. The normalized spacial score (nSPS) is 24.5. The summed E-state index contributed by atoms with van der Waals surface area (Å²) in [6.07, 6.45) is 16.7. The van der Waals surface area contributed by atoms with Gasteiger partial charge >= 0.3 is 0 Å². The molecule has 6 rings (SSSR count). The Hall–Kier alpha value is -3.79. The summed E-state index contributed by atoms with van der Waals surface area (Å²) in [6.45, 7) is 4.29. The smallest absolute Gasteiger partial charge is 0.291 e. The Morgan fingerprint density at radius 2 is 1.91 bits per heavy atom. The van der Waals surface area contributed by atoms with Crippen LogP contribution in [0.25, 0.3) is 27.5 Å². The molecule has 4 heteroatoms. The van der Waals surface area contributed by atoms with Crippen LogP contribution >= 0.6 is 0 Å². The van der Waals surface area contributed by atoms with Crippen LogP contribution in [0.3, 0.4) is 0 Å². The molecule has 1 aliphatic heterocycles. The Labute approximate surface area is 187 Å². The SMILES string of the molecule is Cc1ccc2oc3c(C4=CC(N5C(=N)OC6=CC=CC=CC65)C(C)C=C4)cccc3c2c1. The quantitative estimate of drug-likeness (QED) is 0.515. The van der Waals surface area contributed by atoms with Crippen molar-refractivity contribution in [2.24, 2.45) is 5.92 Å². The second-order valence-corrected chi connectivity index (χ2v) is 8.71. The standard InChI is InChI=1S/C28H24N2O2/c1-17-11-14-25-22(15-17)21-8-6-7-20(27(21)31-25)19-13-12-18(2)24(16-19)30-23-9-4-3-5-10-26(23)32-28(30)29/h3-16,18,23-24,29H,1-2H3. The number of amidine groups is 1. The minimum atomic E-state index is -0.0704. The van der Waals surface area contributed by atoms with Crippen molar-refractivity contribution in [3.63, 3.8) is 0 Å². The van der Waals surface area contributed by atoms with E-state index in [2.05, 4.69) is 73.4 Å². The number of nitrogens with zero attached hydrogens (tertiary/aromatic N) is 1. The van der Waals surface area contributed by atoms with Gasteiger partial charge in [-0.15, -0.1) is 0 Å². The van der Waals surface area contributed by atoms with E-state index in [1.54, 1.807) is 0 Å². The van der Waals surface area contributed by atoms with Crippen molar-refractivity contribution in [2.45, 2.75) is 25.9 Å². The number of nitrogens with one attached hydrogen (secondary N) is 1. The summed E-state index contributed by atoms with van der Waals surface area (Å²) in [5, 5.41) is 10.8. The molecule has 3 atom stereocenters. The molecule has 0 radical (unpaired) electrons. The molecule has 1 saturated heterocycles. The molecule has 0 saturated carbocycles. The third-order valence-electron chi connectivity index (χ3n) is 6.57. The van der Waals surface area contributed by atoms with Gasteiger partial charge in [-0.25, -0.2) is 0 Å². The summed E-state index contributed by atoms with van der Waals surface area (Å²) < 4.78 is 12.1. The lowest BCUT2D eigenvalue weighted by molar-refractivity contribution is 0.300. The molecular weight excluding hydrogens is 396 g/mol. The molecule has 0 amide bonds. The van der Waals surface area contributed by atoms with Gasteiger partial charge < -0.3 is 14.1 Å². The van der Waals surface area contributed by atoms with E-state index in [4.69, 9.17) is 14.6 Å². The van der Waals surface area contributed by atoms with Crippen molar-refractivity contribution >= 4 is 33.5 Å². The van der Waals surface area contributed by atoms with Gasteiger partial charge in [0.05, 0.1) is 6.04 Å². The zero-order valence-corrected chi connectivity index (χ0v) is 18.1. The number of benzene rings is 2. The topological polar surface area (TPSA) is 49.5 Å². The first-order chi connectivity index (χ1) is 15.6. The number of ether oxygens (including phenoxy) is 1. The Morgan fingerprint density at radius 3 is 2.81 bits per heavy atom. The maximum absolute atomic E-state index is 8.53. The lowest BCUT2D eigenvalue weighted by Gasteiger charge is -2.34. The average Bonchev–Trinajstić information content (AvgIpc) is 3.21. The molecule has 1 aromatic heterocycles. The number of hydrogen-bond acceptors (Lipinski definition) is 3. The molecule has 3 aromatic rings. The Morgan fingerprint density at radius 1 is 1.00 bits per heavy atom. The Bertz CT molecular complexity index is 1420. The Kier molecular flexibility index (Phi) is 4.22. The summed E-state index contributed by atoms with van der Waals surface area (Å²) >= 11 is 0. The number of fused-ring (bicyclic) bond motifs is 4. The van der Waals surface area contributed by atoms with Gasteiger partial charge in [-0.05, 0) is 36.6 Å². The highest BCUT2D eigenvalue weighted by Crippen LogP contribution is 2.38. The van der Waals surface area contributed by atoms with Crippen LogP contribution in [0, 0.1) is 18.3 Å². The highest BCUT2D eigenvalue weighted by molar-refractivity contribution is 6.09. The molecule has 3 unspecified atom stereocenters. The van der Waals surface area contributed by atoms with Crippen LogP contribution in [-0.2, 0) is 4.74 Å². The van der Waals surface area contributed by atoms with Gasteiger partial charge in [0.15, 0.2) is 0 Å². The van der Waals surface area contributed by atoms with Crippen molar-refractivity contribution < 1.29 is 9.15 Å². The van der Waals surface area contributed by atoms with E-state index in [0.29, 0.717) is 0 Å². The van der Waals surface area contributed by atoms with Gasteiger partial charge in [-0.1, -0.05) is 79.3 Å². The van der Waals surface area contributed by atoms with Crippen LogP contribution < -0.4 is 0 Å². The number of furan rings is 1. The zero-order valence-electron chi connectivity index (χ0n) is 18.1. The maximum atomic E-state index is 8.53. The highest BCUT2D eigenvalue weighted by atomic mass is 16.5. The van der Waals surface area contributed by atoms with Crippen LogP contribution in [0.1, 0.15) is 18.1 Å². The van der Waals surface area contributed by atoms with E-state index in [1.165, 1.54) is 5.56 Å². The first-order valence-electron chi connectivity index (χ1n) is 11.0. The molecule has 2 heterocycles. The van der Waals surface area contributed by atoms with Gasteiger partial charge in [-0.3, -0.25) is 5.41 Å². The monoisotopic (exact) mass is 420 g/mol. The van der Waals surface area contributed by atoms with Crippen molar-refractivity contribution in [2.75, 3.05) is 0 Å². The number of hydrogen-bond donors (Lipinski definition) is 1. The van der Waals surface area contributed by atoms with Crippen LogP contribution in [0.4, 0.5) is 0 Å². The van der Waals surface area contributed by atoms with Crippen LogP contribution in [-0.4, -0.2) is 23.0 Å². The fourth-order valence-corrected chi connectivity index (χ4v) is 4.93. The molecule has 1 fully saturated rings. The number of para-hydroxylation sites is 1. The van der Waals surface area contributed by atoms with Gasteiger partial charge in [0.25, 0.3) is 6.02 Å². The average molecular weight is 421 g/mol. The van der Waals surface area contributed by atoms with E-state index in [0.717, 1.165) is 38.8 Å². The molecule has 0 spiro atoms. The summed E-state index contributed by atoms with van der Waals surface area (Å²) in [7, 11) is 0. The van der Waals surface area contributed by atoms with E-state index < -0.39 is 0 Å². The highest BCUT2D eigenvalue weighted by Gasteiger charge is 2.40. The van der Waals surface area contributed by atoms with E-state index in [1.807, 2.05) is 30.4 Å². The summed E-state index contributed by atoms with van der Waals surface area (Å²) in [4.78, 5) is 2.06. The molecule has 0 bridgehead atoms. The minimum Gasteiger partial charge on any atom is -0.455 e. The number of aryl methyl sites for hydroxylation is 1.